The normalized spacial score (nSPS) is 14.5. The minimum absolute atomic E-state index is 0.0315. The number of hydrogen-bond donors (Lipinski definition) is 0. The molecule has 1 aliphatic heterocycles. The van der Waals surface area contributed by atoms with Gasteiger partial charge in [0.2, 0.25) is 0 Å². The highest BCUT2D eigenvalue weighted by Gasteiger charge is 2.26. The predicted molar refractivity (Wildman–Crippen MR) is 136 cm³/mol. The van der Waals surface area contributed by atoms with E-state index in [1.54, 1.807) is 23.2 Å². The van der Waals surface area contributed by atoms with Crippen molar-refractivity contribution in [3.05, 3.63) is 94.3 Å². The first kappa shape index (κ1) is 23.7. The number of fused-ring (bicyclic) bond motifs is 1. The molecule has 0 atom stereocenters. The van der Waals surface area contributed by atoms with E-state index in [1.165, 1.54) is 21.7 Å². The lowest BCUT2D eigenvalue weighted by Gasteiger charge is -2.32. The molecule has 0 radical (unpaired) electrons. The van der Waals surface area contributed by atoms with Crippen LogP contribution in [0.2, 0.25) is 0 Å². The second kappa shape index (κ2) is 10.3. The summed E-state index contributed by atoms with van der Waals surface area (Å²) in [6.45, 7) is 2.75. The monoisotopic (exact) mass is 486 g/mol. The molecule has 9 nitrogen and oxygen atoms in total. The molecule has 1 aromatic carbocycles. The topological polar surface area (TPSA) is 85.0 Å². The van der Waals surface area contributed by atoms with E-state index in [1.807, 2.05) is 42.3 Å². The van der Waals surface area contributed by atoms with Crippen LogP contribution in [0, 0.1) is 0 Å². The van der Waals surface area contributed by atoms with Crippen LogP contribution in [0.1, 0.15) is 34.3 Å². The van der Waals surface area contributed by atoms with Gasteiger partial charge in [-0.15, -0.1) is 0 Å². The average Bonchev–Trinajstić information content (AvgIpc) is 3.30. The fourth-order valence-corrected chi connectivity index (χ4v) is 4.62. The standard InChI is InChI=1S/C27H30N6O3/c1-30(18-21-15-29-31(2)19-21)17-20-6-8-22(9-7-20)36-23-10-13-32(14-11-23)26(34)24-16-28-25-5-3-4-12-33(25)27(24)35/h3-9,12,15-16,19,23H,10-11,13-14,17-18H2,1-2H3. The second-order valence-electron chi connectivity index (χ2n) is 9.35. The Bertz CT molecular complexity index is 1400. The van der Waals surface area contributed by atoms with Crippen molar-refractivity contribution in [2.24, 2.45) is 7.05 Å². The molecule has 0 unspecified atom stereocenters. The van der Waals surface area contributed by atoms with Gasteiger partial charge in [0.15, 0.2) is 0 Å². The summed E-state index contributed by atoms with van der Waals surface area (Å²) in [5.74, 6) is 0.555. The van der Waals surface area contributed by atoms with Crippen molar-refractivity contribution in [1.82, 2.24) is 29.0 Å². The summed E-state index contributed by atoms with van der Waals surface area (Å²) in [4.78, 5) is 34.0. The van der Waals surface area contributed by atoms with Crippen LogP contribution in [0.3, 0.4) is 0 Å². The Morgan fingerprint density at radius 1 is 1.06 bits per heavy atom. The third-order valence-corrected chi connectivity index (χ3v) is 6.46. The Hall–Kier alpha value is -3.98. The Labute approximate surface area is 209 Å². The number of rotatable bonds is 7. The van der Waals surface area contributed by atoms with Crippen LogP contribution in [-0.4, -0.2) is 61.1 Å². The molecule has 4 aromatic rings. The minimum Gasteiger partial charge on any atom is -0.490 e. The predicted octanol–water partition coefficient (Wildman–Crippen LogP) is 2.74. The molecule has 0 saturated carbocycles. The molecule has 0 N–H and O–H groups in total. The lowest BCUT2D eigenvalue weighted by atomic mass is 10.1. The SMILES string of the molecule is CN(Cc1ccc(OC2CCN(C(=O)c3cnc4ccccn4c3=O)CC2)cc1)Cc1cnn(C)c1. The summed E-state index contributed by atoms with van der Waals surface area (Å²) < 4.78 is 9.41. The number of aryl methyl sites for hydroxylation is 1. The highest BCUT2D eigenvalue weighted by atomic mass is 16.5. The molecule has 3 aromatic heterocycles. The molecule has 5 rings (SSSR count). The number of amides is 1. The number of hydrogen-bond acceptors (Lipinski definition) is 6. The first-order valence-corrected chi connectivity index (χ1v) is 12.1. The third kappa shape index (κ3) is 5.31. The average molecular weight is 487 g/mol. The van der Waals surface area contributed by atoms with Crippen molar-refractivity contribution in [3.63, 3.8) is 0 Å². The number of ether oxygens (including phenoxy) is 1. The van der Waals surface area contributed by atoms with Crippen LogP contribution < -0.4 is 10.3 Å². The number of nitrogens with zero attached hydrogens (tertiary/aromatic N) is 6. The van der Waals surface area contributed by atoms with Crippen LogP contribution in [0.4, 0.5) is 0 Å². The summed E-state index contributed by atoms with van der Waals surface area (Å²) in [6, 6.07) is 13.5. The number of piperidine rings is 1. The molecule has 0 bridgehead atoms. The van der Waals surface area contributed by atoms with Crippen LogP contribution in [0.25, 0.3) is 5.65 Å². The number of carbonyl (C=O) groups excluding carboxylic acids is 1. The van der Waals surface area contributed by atoms with Gasteiger partial charge in [0.05, 0.1) is 6.20 Å². The number of aromatic nitrogens is 4. The quantitative estimate of drug-likeness (QED) is 0.399. The zero-order valence-corrected chi connectivity index (χ0v) is 20.6. The van der Waals surface area contributed by atoms with Gasteiger partial charge in [-0.25, -0.2) is 4.98 Å². The molecule has 4 heterocycles. The van der Waals surface area contributed by atoms with Crippen LogP contribution in [-0.2, 0) is 20.1 Å². The van der Waals surface area contributed by atoms with Crippen molar-refractivity contribution < 1.29 is 9.53 Å². The third-order valence-electron chi connectivity index (χ3n) is 6.46. The van der Waals surface area contributed by atoms with Gasteiger partial charge in [0.25, 0.3) is 11.5 Å². The summed E-state index contributed by atoms with van der Waals surface area (Å²) in [6.07, 6.45) is 8.40. The van der Waals surface area contributed by atoms with Gasteiger partial charge in [-0.2, -0.15) is 5.10 Å². The summed E-state index contributed by atoms with van der Waals surface area (Å²) >= 11 is 0. The van der Waals surface area contributed by atoms with Gasteiger partial charge in [-0.1, -0.05) is 18.2 Å². The van der Waals surface area contributed by atoms with E-state index in [4.69, 9.17) is 4.74 Å². The maximum absolute atomic E-state index is 13.0. The van der Waals surface area contributed by atoms with Crippen molar-refractivity contribution in [2.75, 3.05) is 20.1 Å². The Morgan fingerprint density at radius 3 is 2.53 bits per heavy atom. The second-order valence-corrected chi connectivity index (χ2v) is 9.35. The molecule has 36 heavy (non-hydrogen) atoms. The smallest absolute Gasteiger partial charge is 0.270 e. The molecular formula is C27H30N6O3. The first-order valence-electron chi connectivity index (χ1n) is 12.1. The highest BCUT2D eigenvalue weighted by Crippen LogP contribution is 2.21. The van der Waals surface area contributed by atoms with E-state index in [2.05, 4.69) is 34.2 Å². The Kier molecular flexibility index (Phi) is 6.81. The number of likely N-dealkylation sites (tertiary alicyclic amines) is 1. The zero-order valence-electron chi connectivity index (χ0n) is 20.6. The van der Waals surface area contributed by atoms with Gasteiger partial charge in [-0.3, -0.25) is 23.6 Å². The van der Waals surface area contributed by atoms with E-state index in [-0.39, 0.29) is 23.1 Å². The van der Waals surface area contributed by atoms with Gasteiger partial charge >= 0.3 is 0 Å². The van der Waals surface area contributed by atoms with Gasteiger partial charge in [-0.05, 0) is 36.9 Å². The molecule has 0 spiro atoms. The molecule has 1 fully saturated rings. The van der Waals surface area contributed by atoms with Gasteiger partial charge in [0, 0.05) is 70.2 Å². The Balaban J connectivity index is 1.13. The van der Waals surface area contributed by atoms with Crippen molar-refractivity contribution in [2.45, 2.75) is 32.0 Å². The maximum Gasteiger partial charge on any atom is 0.270 e. The molecular weight excluding hydrogens is 456 g/mol. The molecule has 0 aliphatic carbocycles. The number of carbonyl (C=O) groups is 1. The van der Waals surface area contributed by atoms with Crippen LogP contribution in [0.5, 0.6) is 5.75 Å². The highest BCUT2D eigenvalue weighted by molar-refractivity contribution is 5.93. The van der Waals surface area contributed by atoms with Crippen molar-refractivity contribution in [3.8, 4) is 5.75 Å². The van der Waals surface area contributed by atoms with Gasteiger partial charge in [0.1, 0.15) is 23.1 Å². The fraction of sp³-hybridized carbons (Fsp3) is 0.333. The van der Waals surface area contributed by atoms with Crippen LogP contribution in [0.15, 0.2) is 72.0 Å². The molecule has 1 amide bonds. The number of pyridine rings is 1. The Morgan fingerprint density at radius 2 is 1.81 bits per heavy atom. The fourth-order valence-electron chi connectivity index (χ4n) is 4.62. The minimum atomic E-state index is -0.338. The number of benzene rings is 1. The molecule has 1 saturated heterocycles. The summed E-state index contributed by atoms with van der Waals surface area (Å²) in [5, 5.41) is 4.22. The van der Waals surface area contributed by atoms with Crippen molar-refractivity contribution >= 4 is 11.6 Å². The van der Waals surface area contributed by atoms with Crippen molar-refractivity contribution in [1.29, 1.82) is 0 Å². The lowest BCUT2D eigenvalue weighted by molar-refractivity contribution is 0.0593. The molecule has 186 valence electrons. The molecule has 9 heteroatoms. The largest absolute Gasteiger partial charge is 0.490 e. The molecule has 1 aliphatic rings. The summed E-state index contributed by atoms with van der Waals surface area (Å²) in [7, 11) is 4.02. The maximum atomic E-state index is 13.0. The van der Waals surface area contributed by atoms with E-state index >= 15 is 0 Å². The van der Waals surface area contributed by atoms with E-state index in [0.717, 1.165) is 18.8 Å². The lowest BCUT2D eigenvalue weighted by Crippen LogP contribution is -2.43. The van der Waals surface area contributed by atoms with E-state index in [0.29, 0.717) is 31.6 Å². The van der Waals surface area contributed by atoms with Gasteiger partial charge < -0.3 is 9.64 Å². The zero-order chi connectivity index (χ0) is 25.1. The first-order chi connectivity index (χ1) is 17.5. The van der Waals surface area contributed by atoms with E-state index < -0.39 is 0 Å². The van der Waals surface area contributed by atoms with E-state index in [9.17, 15) is 9.59 Å². The summed E-state index contributed by atoms with van der Waals surface area (Å²) in [5.41, 5.74) is 2.69. The van der Waals surface area contributed by atoms with Crippen LogP contribution >= 0.6 is 0 Å².